The number of benzene rings is 1. The highest BCUT2D eigenvalue weighted by Crippen LogP contribution is 2.33. The van der Waals surface area contributed by atoms with Crippen LogP contribution in [0, 0.1) is 23.7 Å². The Bertz CT molecular complexity index is 658. The van der Waals surface area contributed by atoms with E-state index in [9.17, 15) is 8.78 Å². The summed E-state index contributed by atoms with van der Waals surface area (Å²) in [5, 5.41) is 0. The second-order valence-corrected chi connectivity index (χ2v) is 7.00. The standard InChI is InChI=1S/C21H25F2N/c1-2-15-3-5-16(6-4-15)7-8-17-9-11-18(12-10-17)19-13-14-20(22)24-21(19)23/h9-16H,2-8H2,1H3/t15-,16-. The highest BCUT2D eigenvalue weighted by atomic mass is 19.1. The molecule has 1 aromatic heterocycles. The van der Waals surface area contributed by atoms with E-state index in [4.69, 9.17) is 0 Å². The first-order chi connectivity index (χ1) is 11.7. The third kappa shape index (κ3) is 4.19. The summed E-state index contributed by atoms with van der Waals surface area (Å²) in [6.45, 7) is 2.30. The van der Waals surface area contributed by atoms with Crippen LogP contribution in [0.1, 0.15) is 51.0 Å². The molecule has 0 atom stereocenters. The lowest BCUT2D eigenvalue weighted by molar-refractivity contribution is 0.259. The maximum Gasteiger partial charge on any atom is 0.223 e. The van der Waals surface area contributed by atoms with Crippen molar-refractivity contribution in [2.45, 2.75) is 51.9 Å². The number of rotatable bonds is 5. The summed E-state index contributed by atoms with van der Waals surface area (Å²) >= 11 is 0. The van der Waals surface area contributed by atoms with Gasteiger partial charge in [0.2, 0.25) is 11.9 Å². The van der Waals surface area contributed by atoms with Gasteiger partial charge in [-0.25, -0.2) is 0 Å². The normalized spacial score (nSPS) is 21.0. The molecule has 1 aliphatic rings. The molecular weight excluding hydrogens is 304 g/mol. The third-order valence-electron chi connectivity index (χ3n) is 5.46. The maximum atomic E-state index is 13.7. The lowest BCUT2D eigenvalue weighted by Crippen LogP contribution is -2.14. The molecule has 0 spiro atoms. The van der Waals surface area contributed by atoms with Crippen LogP contribution in [0.5, 0.6) is 0 Å². The minimum atomic E-state index is -0.786. The van der Waals surface area contributed by atoms with Crippen molar-refractivity contribution in [2.24, 2.45) is 11.8 Å². The zero-order valence-electron chi connectivity index (χ0n) is 14.3. The van der Waals surface area contributed by atoms with Gasteiger partial charge in [-0.3, -0.25) is 0 Å². The van der Waals surface area contributed by atoms with E-state index in [1.165, 1.54) is 56.2 Å². The van der Waals surface area contributed by atoms with Gasteiger partial charge in [-0.1, -0.05) is 63.3 Å². The largest absolute Gasteiger partial charge is 0.223 e. The quantitative estimate of drug-likeness (QED) is 0.597. The lowest BCUT2D eigenvalue weighted by atomic mass is 9.78. The molecule has 3 rings (SSSR count). The van der Waals surface area contributed by atoms with Crippen molar-refractivity contribution < 1.29 is 8.78 Å². The highest BCUT2D eigenvalue weighted by Gasteiger charge is 2.19. The second kappa shape index (κ2) is 7.87. The summed E-state index contributed by atoms with van der Waals surface area (Å²) in [4.78, 5) is 3.25. The number of pyridine rings is 1. The molecule has 24 heavy (non-hydrogen) atoms. The summed E-state index contributed by atoms with van der Waals surface area (Å²) in [6, 6.07) is 10.5. The van der Waals surface area contributed by atoms with E-state index >= 15 is 0 Å². The fraction of sp³-hybridized carbons (Fsp3) is 0.476. The van der Waals surface area contributed by atoms with E-state index in [-0.39, 0.29) is 0 Å². The van der Waals surface area contributed by atoms with Crippen LogP contribution in [0.25, 0.3) is 11.1 Å². The molecule has 0 radical (unpaired) electrons. The molecule has 0 bridgehead atoms. The molecule has 0 saturated heterocycles. The van der Waals surface area contributed by atoms with Gasteiger partial charge in [-0.15, -0.1) is 0 Å². The van der Waals surface area contributed by atoms with Gasteiger partial charge in [0.05, 0.1) is 0 Å². The number of hydrogen-bond donors (Lipinski definition) is 0. The average molecular weight is 329 g/mol. The van der Waals surface area contributed by atoms with Gasteiger partial charge in [-0.05, 0) is 47.9 Å². The third-order valence-corrected chi connectivity index (χ3v) is 5.46. The van der Waals surface area contributed by atoms with Gasteiger partial charge in [0, 0.05) is 5.56 Å². The van der Waals surface area contributed by atoms with Crippen LogP contribution in [0.3, 0.4) is 0 Å². The molecule has 1 nitrogen and oxygen atoms in total. The number of hydrogen-bond acceptors (Lipinski definition) is 1. The van der Waals surface area contributed by atoms with E-state index in [0.29, 0.717) is 5.56 Å². The second-order valence-electron chi connectivity index (χ2n) is 7.00. The van der Waals surface area contributed by atoms with Gasteiger partial charge in [0.15, 0.2) is 0 Å². The van der Waals surface area contributed by atoms with Gasteiger partial charge in [-0.2, -0.15) is 13.8 Å². The first kappa shape index (κ1) is 17.1. The Morgan fingerprint density at radius 1 is 0.917 bits per heavy atom. The topological polar surface area (TPSA) is 12.9 Å². The molecule has 2 aromatic rings. The van der Waals surface area contributed by atoms with E-state index in [0.717, 1.165) is 23.8 Å². The first-order valence-corrected chi connectivity index (χ1v) is 9.07. The number of aromatic nitrogens is 1. The van der Waals surface area contributed by atoms with Crippen LogP contribution in [-0.4, -0.2) is 4.98 Å². The predicted molar refractivity (Wildman–Crippen MR) is 93.6 cm³/mol. The monoisotopic (exact) mass is 329 g/mol. The van der Waals surface area contributed by atoms with Crippen LogP contribution < -0.4 is 0 Å². The Balaban J connectivity index is 1.57. The van der Waals surface area contributed by atoms with Gasteiger partial charge in [0.25, 0.3) is 0 Å². The molecule has 128 valence electrons. The Morgan fingerprint density at radius 3 is 2.21 bits per heavy atom. The Labute approximate surface area is 143 Å². The fourth-order valence-corrected chi connectivity index (χ4v) is 3.78. The van der Waals surface area contributed by atoms with E-state index in [1.54, 1.807) is 0 Å². The Morgan fingerprint density at radius 2 is 1.58 bits per heavy atom. The van der Waals surface area contributed by atoms with Crippen LogP contribution >= 0.6 is 0 Å². The van der Waals surface area contributed by atoms with Crippen molar-refractivity contribution in [2.75, 3.05) is 0 Å². The van der Waals surface area contributed by atoms with Gasteiger partial charge in [0.1, 0.15) is 0 Å². The Hall–Kier alpha value is -1.77. The van der Waals surface area contributed by atoms with E-state index in [2.05, 4.69) is 24.0 Å². The summed E-state index contributed by atoms with van der Waals surface area (Å²) < 4.78 is 26.6. The summed E-state index contributed by atoms with van der Waals surface area (Å²) in [7, 11) is 0. The Kier molecular flexibility index (Phi) is 5.60. The van der Waals surface area contributed by atoms with Crippen molar-refractivity contribution >= 4 is 0 Å². The average Bonchev–Trinajstić information content (AvgIpc) is 2.61. The zero-order chi connectivity index (χ0) is 16.9. The molecule has 0 unspecified atom stereocenters. The molecule has 1 heterocycles. The molecular formula is C21H25F2N. The minimum Gasteiger partial charge on any atom is -0.190 e. The SMILES string of the molecule is CC[C@H]1CC[C@H](CCc2ccc(-c3ccc(F)nc3F)cc2)CC1. The first-order valence-electron chi connectivity index (χ1n) is 9.07. The summed E-state index contributed by atoms with van der Waals surface area (Å²) in [5.74, 6) is 0.257. The van der Waals surface area contributed by atoms with Crippen LogP contribution in [-0.2, 0) is 6.42 Å². The molecule has 1 saturated carbocycles. The van der Waals surface area contributed by atoms with Crippen LogP contribution in [0.15, 0.2) is 36.4 Å². The van der Waals surface area contributed by atoms with Gasteiger partial charge < -0.3 is 0 Å². The zero-order valence-corrected chi connectivity index (χ0v) is 14.3. The molecule has 3 heteroatoms. The van der Waals surface area contributed by atoms with E-state index in [1.807, 2.05) is 12.1 Å². The molecule has 1 aliphatic carbocycles. The summed E-state index contributed by atoms with van der Waals surface area (Å²) in [5.41, 5.74) is 2.37. The van der Waals surface area contributed by atoms with Crippen molar-refractivity contribution in [1.82, 2.24) is 4.98 Å². The molecule has 0 N–H and O–H groups in total. The molecule has 0 amide bonds. The van der Waals surface area contributed by atoms with E-state index < -0.39 is 11.9 Å². The van der Waals surface area contributed by atoms with Crippen molar-refractivity contribution in [3.63, 3.8) is 0 Å². The van der Waals surface area contributed by atoms with Crippen molar-refractivity contribution in [1.29, 1.82) is 0 Å². The van der Waals surface area contributed by atoms with Crippen molar-refractivity contribution in [3.05, 3.63) is 53.9 Å². The predicted octanol–water partition coefficient (Wildman–Crippen LogP) is 6.18. The molecule has 0 aliphatic heterocycles. The van der Waals surface area contributed by atoms with Crippen LogP contribution in [0.2, 0.25) is 0 Å². The van der Waals surface area contributed by atoms with Crippen molar-refractivity contribution in [3.8, 4) is 11.1 Å². The van der Waals surface area contributed by atoms with Gasteiger partial charge >= 0.3 is 0 Å². The number of aryl methyl sites for hydroxylation is 1. The number of halogens is 2. The smallest absolute Gasteiger partial charge is 0.190 e. The number of nitrogens with zero attached hydrogens (tertiary/aromatic N) is 1. The van der Waals surface area contributed by atoms with Crippen LogP contribution in [0.4, 0.5) is 8.78 Å². The maximum absolute atomic E-state index is 13.7. The fourth-order valence-electron chi connectivity index (χ4n) is 3.78. The molecule has 1 aromatic carbocycles. The molecule has 1 fully saturated rings. The summed E-state index contributed by atoms with van der Waals surface area (Å²) in [6.07, 6.45) is 9.14. The minimum absolute atomic E-state index is 0.348. The highest BCUT2D eigenvalue weighted by molar-refractivity contribution is 5.63. The lowest BCUT2D eigenvalue weighted by Gasteiger charge is -2.27.